The lowest BCUT2D eigenvalue weighted by molar-refractivity contribution is -0.125. The van der Waals surface area contributed by atoms with Gasteiger partial charge in [0.05, 0.1) is 32.4 Å². The molecule has 2 aliphatic rings. The number of benzene rings is 1. The lowest BCUT2D eigenvalue weighted by Gasteiger charge is -2.26. The number of anilines is 1. The second-order valence-corrected chi connectivity index (χ2v) is 6.38. The fourth-order valence-corrected chi connectivity index (χ4v) is 3.08. The molecule has 0 unspecified atom stereocenters. The third-order valence-corrected chi connectivity index (χ3v) is 4.59. The summed E-state index contributed by atoms with van der Waals surface area (Å²) >= 11 is 0. The summed E-state index contributed by atoms with van der Waals surface area (Å²) in [4.78, 5) is 40.1. The van der Waals surface area contributed by atoms with Crippen LogP contribution in [-0.4, -0.2) is 75.3 Å². The van der Waals surface area contributed by atoms with Gasteiger partial charge in [0, 0.05) is 26.2 Å². The number of ether oxygens (including phenoxy) is 2. The maximum absolute atomic E-state index is 12.5. The number of rotatable bonds is 7. The largest absolute Gasteiger partial charge is 0.497 e. The van der Waals surface area contributed by atoms with E-state index in [1.54, 1.807) is 24.3 Å². The fourth-order valence-electron chi connectivity index (χ4n) is 3.08. The van der Waals surface area contributed by atoms with Crippen molar-refractivity contribution in [3.63, 3.8) is 0 Å². The van der Waals surface area contributed by atoms with Crippen LogP contribution in [-0.2, 0) is 14.3 Å². The van der Waals surface area contributed by atoms with Crippen LogP contribution in [0.5, 0.6) is 5.75 Å². The Morgan fingerprint density at radius 1 is 1.26 bits per heavy atom. The molecule has 4 amide bonds. The summed E-state index contributed by atoms with van der Waals surface area (Å²) in [5, 5.41) is 5.37. The lowest BCUT2D eigenvalue weighted by atomic mass is 10.2. The molecule has 1 atom stereocenters. The van der Waals surface area contributed by atoms with Crippen LogP contribution in [0.2, 0.25) is 0 Å². The topological polar surface area (TPSA) is 100 Å². The summed E-state index contributed by atoms with van der Waals surface area (Å²) in [7, 11) is 1.54. The highest BCUT2D eigenvalue weighted by Gasteiger charge is 2.40. The minimum atomic E-state index is -0.858. The monoisotopic (exact) mass is 376 g/mol. The van der Waals surface area contributed by atoms with E-state index in [0.29, 0.717) is 31.2 Å². The van der Waals surface area contributed by atoms with Crippen LogP contribution in [0.3, 0.4) is 0 Å². The number of amides is 4. The first-order valence-corrected chi connectivity index (χ1v) is 8.94. The van der Waals surface area contributed by atoms with Crippen molar-refractivity contribution in [2.24, 2.45) is 0 Å². The molecule has 0 radical (unpaired) electrons. The molecular weight excluding hydrogens is 352 g/mol. The zero-order valence-electron chi connectivity index (χ0n) is 15.3. The van der Waals surface area contributed by atoms with Crippen molar-refractivity contribution >= 4 is 23.5 Å². The van der Waals surface area contributed by atoms with Gasteiger partial charge in [-0.25, -0.2) is 9.69 Å². The van der Waals surface area contributed by atoms with Crippen LogP contribution in [0.4, 0.5) is 10.5 Å². The molecule has 27 heavy (non-hydrogen) atoms. The molecule has 2 heterocycles. The van der Waals surface area contributed by atoms with E-state index in [-0.39, 0.29) is 12.3 Å². The number of morpholine rings is 1. The molecule has 0 saturated carbocycles. The van der Waals surface area contributed by atoms with E-state index in [9.17, 15) is 14.4 Å². The summed E-state index contributed by atoms with van der Waals surface area (Å²) in [6.07, 6.45) is -0.0830. The van der Waals surface area contributed by atoms with Crippen LogP contribution < -0.4 is 20.3 Å². The molecule has 9 heteroatoms. The summed E-state index contributed by atoms with van der Waals surface area (Å²) in [6.45, 7) is 4.34. The second kappa shape index (κ2) is 8.83. The van der Waals surface area contributed by atoms with Gasteiger partial charge in [-0.2, -0.15) is 0 Å². The van der Waals surface area contributed by atoms with Gasteiger partial charge in [0.25, 0.3) is 5.91 Å². The van der Waals surface area contributed by atoms with Crippen molar-refractivity contribution in [2.45, 2.75) is 12.5 Å². The van der Waals surface area contributed by atoms with Gasteiger partial charge in [-0.3, -0.25) is 14.5 Å². The zero-order valence-corrected chi connectivity index (χ0v) is 15.3. The fraction of sp³-hybridized carbons (Fsp3) is 0.500. The van der Waals surface area contributed by atoms with Crippen molar-refractivity contribution in [1.29, 1.82) is 0 Å². The predicted molar refractivity (Wildman–Crippen MR) is 97.7 cm³/mol. The van der Waals surface area contributed by atoms with Crippen molar-refractivity contribution in [2.75, 3.05) is 51.4 Å². The van der Waals surface area contributed by atoms with E-state index in [1.165, 1.54) is 7.11 Å². The van der Waals surface area contributed by atoms with Gasteiger partial charge in [0.15, 0.2) is 0 Å². The van der Waals surface area contributed by atoms with Gasteiger partial charge in [-0.1, -0.05) is 0 Å². The smallest absolute Gasteiger partial charge is 0.329 e. The highest BCUT2D eigenvalue weighted by molar-refractivity contribution is 6.22. The Morgan fingerprint density at radius 2 is 1.96 bits per heavy atom. The van der Waals surface area contributed by atoms with Crippen LogP contribution in [0.25, 0.3) is 0 Å². The standard InChI is InChI=1S/C18H24N4O5/c1-26-14-4-2-13(3-5-14)22-17(24)15(20-18(22)25)12-16(23)19-6-7-21-8-10-27-11-9-21/h2-5,15H,6-12H2,1H3,(H,19,23)(H,20,25)/t15-/m0/s1. The molecule has 2 fully saturated rings. The predicted octanol–water partition coefficient (Wildman–Crippen LogP) is -0.0415. The second-order valence-electron chi connectivity index (χ2n) is 6.38. The third kappa shape index (κ3) is 4.75. The average Bonchev–Trinajstić information content (AvgIpc) is 2.96. The van der Waals surface area contributed by atoms with E-state index in [0.717, 1.165) is 24.5 Å². The van der Waals surface area contributed by atoms with Crippen LogP contribution in [0.15, 0.2) is 24.3 Å². The Labute approximate surface area is 157 Å². The first-order chi connectivity index (χ1) is 13.1. The van der Waals surface area contributed by atoms with E-state index in [4.69, 9.17) is 9.47 Å². The summed E-state index contributed by atoms with van der Waals surface area (Å²) < 4.78 is 10.4. The molecule has 2 saturated heterocycles. The summed E-state index contributed by atoms with van der Waals surface area (Å²) in [5.74, 6) is -0.0750. The molecule has 0 spiro atoms. The molecule has 2 N–H and O–H groups in total. The van der Waals surface area contributed by atoms with Crippen LogP contribution >= 0.6 is 0 Å². The number of hydrogen-bond donors (Lipinski definition) is 2. The number of methoxy groups -OCH3 is 1. The third-order valence-electron chi connectivity index (χ3n) is 4.59. The number of carbonyl (C=O) groups is 3. The Hall–Kier alpha value is -2.65. The van der Waals surface area contributed by atoms with Gasteiger partial charge in [0.1, 0.15) is 11.8 Å². The van der Waals surface area contributed by atoms with E-state index in [2.05, 4.69) is 15.5 Å². The van der Waals surface area contributed by atoms with Gasteiger partial charge in [0.2, 0.25) is 5.91 Å². The zero-order chi connectivity index (χ0) is 19.2. The molecular formula is C18H24N4O5. The first kappa shape index (κ1) is 19.1. The molecule has 0 aliphatic carbocycles. The van der Waals surface area contributed by atoms with Crippen LogP contribution in [0, 0.1) is 0 Å². The SMILES string of the molecule is COc1ccc(N2C(=O)N[C@@H](CC(=O)NCCN3CCOCC3)C2=O)cc1. The number of hydrogen-bond acceptors (Lipinski definition) is 6. The normalized spacial score (nSPS) is 20.5. The summed E-state index contributed by atoms with van der Waals surface area (Å²) in [5.41, 5.74) is 0.438. The maximum atomic E-state index is 12.5. The van der Waals surface area contributed by atoms with Crippen molar-refractivity contribution in [3.8, 4) is 5.75 Å². The molecule has 1 aromatic carbocycles. The van der Waals surface area contributed by atoms with Crippen molar-refractivity contribution < 1.29 is 23.9 Å². The van der Waals surface area contributed by atoms with Crippen molar-refractivity contribution in [3.05, 3.63) is 24.3 Å². The van der Waals surface area contributed by atoms with E-state index >= 15 is 0 Å². The number of nitrogens with zero attached hydrogens (tertiary/aromatic N) is 2. The number of nitrogens with one attached hydrogen (secondary N) is 2. The lowest BCUT2D eigenvalue weighted by Crippen LogP contribution is -2.42. The van der Waals surface area contributed by atoms with Gasteiger partial charge in [-0.05, 0) is 24.3 Å². The molecule has 146 valence electrons. The Balaban J connectivity index is 1.49. The number of imide groups is 1. The van der Waals surface area contributed by atoms with E-state index < -0.39 is 18.0 Å². The Bertz CT molecular complexity index is 687. The minimum Gasteiger partial charge on any atom is -0.497 e. The van der Waals surface area contributed by atoms with Gasteiger partial charge in [-0.15, -0.1) is 0 Å². The Morgan fingerprint density at radius 3 is 2.63 bits per heavy atom. The highest BCUT2D eigenvalue weighted by Crippen LogP contribution is 2.23. The number of carbonyl (C=O) groups excluding carboxylic acids is 3. The molecule has 2 aliphatic heterocycles. The van der Waals surface area contributed by atoms with E-state index in [1.807, 2.05) is 0 Å². The maximum Gasteiger partial charge on any atom is 0.329 e. The molecule has 9 nitrogen and oxygen atoms in total. The molecule has 0 aromatic heterocycles. The van der Waals surface area contributed by atoms with Gasteiger partial charge >= 0.3 is 6.03 Å². The van der Waals surface area contributed by atoms with Crippen LogP contribution in [0.1, 0.15) is 6.42 Å². The minimum absolute atomic E-state index is 0.0830. The first-order valence-electron chi connectivity index (χ1n) is 8.94. The molecule has 1 aromatic rings. The number of urea groups is 1. The van der Waals surface area contributed by atoms with Crippen molar-refractivity contribution in [1.82, 2.24) is 15.5 Å². The Kier molecular flexibility index (Phi) is 6.25. The van der Waals surface area contributed by atoms with Gasteiger partial charge < -0.3 is 20.1 Å². The molecule has 3 rings (SSSR count). The average molecular weight is 376 g/mol. The molecule has 0 bridgehead atoms. The summed E-state index contributed by atoms with van der Waals surface area (Å²) in [6, 6.07) is 5.20. The quantitative estimate of drug-likeness (QED) is 0.648. The highest BCUT2D eigenvalue weighted by atomic mass is 16.5.